The van der Waals surface area contributed by atoms with Crippen molar-refractivity contribution in [1.29, 1.82) is 0 Å². The molecule has 2 aliphatic rings. The van der Waals surface area contributed by atoms with E-state index in [1.54, 1.807) is 6.92 Å². The molecule has 5 rings (SSSR count). The zero-order chi connectivity index (χ0) is 24.4. The van der Waals surface area contributed by atoms with E-state index in [0.29, 0.717) is 13.2 Å². The molecule has 9 nitrogen and oxygen atoms in total. The van der Waals surface area contributed by atoms with E-state index in [0.717, 1.165) is 79.4 Å². The lowest BCUT2D eigenvalue weighted by molar-refractivity contribution is -0.130. The number of pyridine rings is 1. The number of carbonyl (C=O) groups excluding carboxylic acids is 1. The van der Waals surface area contributed by atoms with Crippen LogP contribution in [0.25, 0.3) is 22.6 Å². The van der Waals surface area contributed by atoms with Gasteiger partial charge in [0.15, 0.2) is 11.5 Å². The Morgan fingerprint density at radius 3 is 2.69 bits per heavy atom. The Bertz CT molecular complexity index is 1240. The van der Waals surface area contributed by atoms with Crippen LogP contribution in [-0.4, -0.2) is 74.5 Å². The van der Waals surface area contributed by atoms with Gasteiger partial charge in [0.1, 0.15) is 5.52 Å². The van der Waals surface area contributed by atoms with Gasteiger partial charge < -0.3 is 19.1 Å². The molecule has 2 fully saturated rings. The average molecular weight is 476 g/mol. The Morgan fingerprint density at radius 2 is 2.00 bits per heavy atom. The van der Waals surface area contributed by atoms with Crippen molar-refractivity contribution < 1.29 is 9.53 Å². The zero-order valence-electron chi connectivity index (χ0n) is 20.6. The predicted octanol–water partition coefficient (Wildman–Crippen LogP) is 3.62. The SMILES string of the molecule is C=C/C(=C\CC)c1ccn(-c2cc(N3CCOCC3)c3ncn(C4CCN(C(C)=O)CC4)c3n2)n1. The Labute approximate surface area is 205 Å². The van der Waals surface area contributed by atoms with E-state index in [4.69, 9.17) is 19.8 Å². The van der Waals surface area contributed by atoms with Crippen molar-refractivity contribution in [3.63, 3.8) is 0 Å². The summed E-state index contributed by atoms with van der Waals surface area (Å²) in [5, 5.41) is 4.82. The van der Waals surface area contributed by atoms with E-state index in [1.165, 1.54) is 0 Å². The first-order valence-electron chi connectivity index (χ1n) is 12.4. The summed E-state index contributed by atoms with van der Waals surface area (Å²) < 4.78 is 9.62. The van der Waals surface area contributed by atoms with Crippen LogP contribution < -0.4 is 4.90 Å². The molecule has 0 atom stereocenters. The molecule has 5 heterocycles. The van der Waals surface area contributed by atoms with Gasteiger partial charge in [-0.3, -0.25) is 4.79 Å². The maximum absolute atomic E-state index is 11.8. The molecule has 1 amide bonds. The third-order valence-corrected chi connectivity index (χ3v) is 6.91. The molecule has 0 aromatic carbocycles. The number of anilines is 1. The van der Waals surface area contributed by atoms with Gasteiger partial charge in [-0.1, -0.05) is 25.7 Å². The van der Waals surface area contributed by atoms with Crippen molar-refractivity contribution in [1.82, 2.24) is 29.2 Å². The summed E-state index contributed by atoms with van der Waals surface area (Å²) in [7, 11) is 0. The molecule has 184 valence electrons. The van der Waals surface area contributed by atoms with Gasteiger partial charge in [-0.25, -0.2) is 14.6 Å². The lowest BCUT2D eigenvalue weighted by Crippen LogP contribution is -2.37. The molecule has 0 radical (unpaired) electrons. The molecule has 2 saturated heterocycles. The predicted molar refractivity (Wildman–Crippen MR) is 137 cm³/mol. The molecule has 3 aromatic heterocycles. The molecule has 0 N–H and O–H groups in total. The highest BCUT2D eigenvalue weighted by Gasteiger charge is 2.26. The quantitative estimate of drug-likeness (QED) is 0.507. The lowest BCUT2D eigenvalue weighted by atomic mass is 10.0. The Kier molecular flexibility index (Phi) is 6.68. The molecule has 2 aliphatic heterocycles. The number of piperidine rings is 1. The van der Waals surface area contributed by atoms with Gasteiger partial charge in [0.2, 0.25) is 5.91 Å². The maximum Gasteiger partial charge on any atom is 0.219 e. The standard InChI is InChI=1S/C26H33N7O2/c1-4-6-20(5-2)22-9-12-33(29-22)24-17-23(31-13-15-35-16-14-31)25-26(28-24)32(18-27-25)21-7-10-30(11-8-21)19(3)34/h5-6,9,12,17-18,21H,2,4,7-8,10-11,13-16H2,1,3H3/b20-6+. The van der Waals surface area contributed by atoms with E-state index in [-0.39, 0.29) is 11.9 Å². The fourth-order valence-corrected chi connectivity index (χ4v) is 4.98. The van der Waals surface area contributed by atoms with Crippen LogP contribution in [-0.2, 0) is 9.53 Å². The summed E-state index contributed by atoms with van der Waals surface area (Å²) in [4.78, 5) is 25.9. The van der Waals surface area contributed by atoms with Crippen LogP contribution in [0.4, 0.5) is 5.69 Å². The van der Waals surface area contributed by atoms with E-state index in [9.17, 15) is 4.79 Å². The summed E-state index contributed by atoms with van der Waals surface area (Å²) in [6, 6.07) is 4.33. The second kappa shape index (κ2) is 10.0. The first-order chi connectivity index (χ1) is 17.1. The van der Waals surface area contributed by atoms with Gasteiger partial charge >= 0.3 is 0 Å². The van der Waals surface area contributed by atoms with Gasteiger partial charge in [-0.05, 0) is 30.9 Å². The van der Waals surface area contributed by atoms with Gasteiger partial charge in [0.25, 0.3) is 0 Å². The number of hydrogen-bond acceptors (Lipinski definition) is 6. The van der Waals surface area contributed by atoms with Crippen LogP contribution in [0.2, 0.25) is 0 Å². The number of allylic oxidation sites excluding steroid dienone is 3. The maximum atomic E-state index is 11.8. The number of carbonyl (C=O) groups is 1. The highest BCUT2D eigenvalue weighted by Crippen LogP contribution is 2.32. The van der Waals surface area contributed by atoms with Crippen molar-refractivity contribution in [3.8, 4) is 5.82 Å². The summed E-state index contributed by atoms with van der Waals surface area (Å²) in [5.41, 5.74) is 4.70. The fraction of sp³-hybridized carbons (Fsp3) is 0.462. The number of rotatable bonds is 6. The molecule has 35 heavy (non-hydrogen) atoms. The minimum absolute atomic E-state index is 0.138. The normalized spacial score (nSPS) is 17.8. The van der Waals surface area contributed by atoms with Crippen molar-refractivity contribution in [2.75, 3.05) is 44.3 Å². The van der Waals surface area contributed by atoms with Crippen LogP contribution in [0, 0.1) is 0 Å². The van der Waals surface area contributed by atoms with E-state index in [1.807, 2.05) is 34.2 Å². The molecule has 0 unspecified atom stereocenters. The van der Waals surface area contributed by atoms with E-state index in [2.05, 4.69) is 35.1 Å². The van der Waals surface area contributed by atoms with Crippen LogP contribution in [0.3, 0.4) is 0 Å². The Balaban J connectivity index is 1.56. The van der Waals surface area contributed by atoms with Crippen molar-refractivity contribution in [2.45, 2.75) is 39.2 Å². The fourth-order valence-electron chi connectivity index (χ4n) is 4.98. The monoisotopic (exact) mass is 475 g/mol. The number of imidazole rings is 1. The number of hydrogen-bond donors (Lipinski definition) is 0. The second-order valence-corrected chi connectivity index (χ2v) is 9.08. The molecule has 0 bridgehead atoms. The van der Waals surface area contributed by atoms with E-state index < -0.39 is 0 Å². The molecular weight excluding hydrogens is 442 g/mol. The largest absolute Gasteiger partial charge is 0.378 e. The summed E-state index contributed by atoms with van der Waals surface area (Å²) in [6.45, 7) is 12.2. The summed E-state index contributed by atoms with van der Waals surface area (Å²) >= 11 is 0. The van der Waals surface area contributed by atoms with Crippen LogP contribution >= 0.6 is 0 Å². The minimum Gasteiger partial charge on any atom is -0.378 e. The molecule has 3 aromatic rings. The number of aromatic nitrogens is 5. The van der Waals surface area contributed by atoms with Crippen LogP contribution in [0.1, 0.15) is 44.8 Å². The molecule has 0 aliphatic carbocycles. The van der Waals surface area contributed by atoms with Crippen molar-refractivity contribution in [3.05, 3.63) is 49.1 Å². The number of amides is 1. The summed E-state index contributed by atoms with van der Waals surface area (Å²) in [6.07, 6.45) is 10.5. The van der Waals surface area contributed by atoms with E-state index >= 15 is 0 Å². The van der Waals surface area contributed by atoms with Gasteiger partial charge in [-0.15, -0.1) is 0 Å². The smallest absolute Gasteiger partial charge is 0.219 e. The molecule has 0 saturated carbocycles. The zero-order valence-corrected chi connectivity index (χ0v) is 20.6. The molecular formula is C26H33N7O2. The van der Waals surface area contributed by atoms with Gasteiger partial charge in [0.05, 0.1) is 30.9 Å². The number of morpholine rings is 1. The lowest BCUT2D eigenvalue weighted by Gasteiger charge is -2.32. The third-order valence-electron chi connectivity index (χ3n) is 6.91. The first-order valence-corrected chi connectivity index (χ1v) is 12.4. The Morgan fingerprint density at radius 1 is 1.23 bits per heavy atom. The van der Waals surface area contributed by atoms with Crippen LogP contribution in [0.15, 0.2) is 43.4 Å². The van der Waals surface area contributed by atoms with Gasteiger partial charge in [-0.2, -0.15) is 5.10 Å². The highest BCUT2D eigenvalue weighted by molar-refractivity contribution is 5.88. The first kappa shape index (κ1) is 23.3. The minimum atomic E-state index is 0.138. The average Bonchev–Trinajstić information content (AvgIpc) is 3.55. The number of ether oxygens (including phenoxy) is 1. The van der Waals surface area contributed by atoms with Crippen molar-refractivity contribution >= 4 is 28.3 Å². The van der Waals surface area contributed by atoms with Crippen LogP contribution in [0.5, 0.6) is 0 Å². The topological polar surface area (TPSA) is 81.3 Å². The highest BCUT2D eigenvalue weighted by atomic mass is 16.5. The Hall–Kier alpha value is -3.46. The number of likely N-dealkylation sites (tertiary alicyclic amines) is 1. The number of fused-ring (bicyclic) bond motifs is 1. The molecule has 0 spiro atoms. The van der Waals surface area contributed by atoms with Crippen molar-refractivity contribution in [2.24, 2.45) is 0 Å². The summed E-state index contributed by atoms with van der Waals surface area (Å²) in [5.74, 6) is 0.896. The molecule has 9 heteroatoms. The number of nitrogens with zero attached hydrogens (tertiary/aromatic N) is 7. The van der Waals surface area contributed by atoms with Gasteiger partial charge in [0, 0.05) is 51.4 Å². The third kappa shape index (κ3) is 4.60. The second-order valence-electron chi connectivity index (χ2n) is 9.08.